The summed E-state index contributed by atoms with van der Waals surface area (Å²) >= 11 is 9.68. The van der Waals surface area contributed by atoms with Crippen molar-refractivity contribution in [2.24, 2.45) is 11.0 Å². The van der Waals surface area contributed by atoms with E-state index < -0.39 is 0 Å². The molecule has 7 heteroatoms. The molecule has 0 spiro atoms. The summed E-state index contributed by atoms with van der Waals surface area (Å²) in [6.45, 7) is 3.82. The summed E-state index contributed by atoms with van der Waals surface area (Å²) < 4.78 is 5.90. The number of carbonyl (C=O) groups is 1. The number of hydrazone groups is 1. The van der Waals surface area contributed by atoms with Crippen LogP contribution in [0.3, 0.4) is 0 Å². The number of hydrogen-bond donors (Lipinski definition) is 0. The minimum atomic E-state index is -0.129. The highest BCUT2D eigenvalue weighted by atomic mass is 35.5. The maximum Gasteiger partial charge on any atom is 0.281 e. The molecule has 1 aliphatic carbocycles. The van der Waals surface area contributed by atoms with Gasteiger partial charge in [0.2, 0.25) is 0 Å². The first-order chi connectivity index (χ1) is 16.0. The van der Waals surface area contributed by atoms with Crippen LogP contribution in [0.5, 0.6) is 5.75 Å². The molecule has 2 aromatic heterocycles. The van der Waals surface area contributed by atoms with Gasteiger partial charge in [0.15, 0.2) is 6.61 Å². The van der Waals surface area contributed by atoms with E-state index in [-0.39, 0.29) is 24.5 Å². The highest BCUT2D eigenvalue weighted by Crippen LogP contribution is 2.45. The standard InChI is InChI=1S/C26H25ClN2O2S2/c1-16-12-19(13-17(2)24(16)27)31-15-23(30)29-26(22-9-5-11-33-22)21-8-3-6-18(25(21)28-29)14-20-7-4-10-32-20/h4-5,7,9-14,21,26H,3,6,8,15H2,1-2H3/b18-14-/t21-,26+/m0/s1. The summed E-state index contributed by atoms with van der Waals surface area (Å²) in [5.41, 5.74) is 4.17. The molecule has 0 bridgehead atoms. The minimum absolute atomic E-state index is 0.0597. The van der Waals surface area contributed by atoms with Crippen LogP contribution in [0.15, 0.2) is 57.8 Å². The van der Waals surface area contributed by atoms with Gasteiger partial charge in [0.1, 0.15) is 5.75 Å². The minimum Gasteiger partial charge on any atom is -0.484 e. The van der Waals surface area contributed by atoms with E-state index >= 15 is 0 Å². The van der Waals surface area contributed by atoms with E-state index in [1.165, 1.54) is 15.3 Å². The summed E-state index contributed by atoms with van der Waals surface area (Å²) in [6, 6.07) is 12.0. The van der Waals surface area contributed by atoms with E-state index in [1.54, 1.807) is 27.7 Å². The fourth-order valence-corrected chi connectivity index (χ4v) is 6.36. The Bertz CT molecular complexity index is 1190. The molecule has 0 radical (unpaired) electrons. The number of ether oxygens (including phenoxy) is 1. The predicted molar refractivity (Wildman–Crippen MR) is 137 cm³/mol. The monoisotopic (exact) mass is 496 g/mol. The Kier molecular flexibility index (Phi) is 6.41. The van der Waals surface area contributed by atoms with Crippen molar-refractivity contribution in [3.63, 3.8) is 0 Å². The molecule has 3 aromatic rings. The van der Waals surface area contributed by atoms with Gasteiger partial charge in [-0.3, -0.25) is 4.79 Å². The average Bonchev–Trinajstić information content (AvgIpc) is 3.56. The van der Waals surface area contributed by atoms with E-state index in [0.717, 1.165) is 41.1 Å². The number of rotatable bonds is 5. The van der Waals surface area contributed by atoms with Crippen LogP contribution in [0.2, 0.25) is 5.02 Å². The van der Waals surface area contributed by atoms with Gasteiger partial charge in [-0.05, 0) is 90.9 Å². The zero-order valence-corrected chi connectivity index (χ0v) is 21.0. The lowest BCUT2D eigenvalue weighted by atomic mass is 9.79. The van der Waals surface area contributed by atoms with Gasteiger partial charge >= 0.3 is 0 Å². The van der Waals surface area contributed by atoms with Gasteiger partial charge < -0.3 is 4.74 Å². The number of amides is 1. The van der Waals surface area contributed by atoms with Gasteiger partial charge in [-0.2, -0.15) is 5.10 Å². The van der Waals surface area contributed by atoms with Crippen molar-refractivity contribution in [3.05, 3.63) is 78.6 Å². The fourth-order valence-electron chi connectivity index (χ4n) is 4.69. The van der Waals surface area contributed by atoms with E-state index in [1.807, 2.05) is 32.0 Å². The SMILES string of the molecule is Cc1cc(OCC(=O)N2N=C3/C(=C\c4cccs4)CCC[C@@H]3[C@@H]2c2cccs2)cc(C)c1Cl. The number of thiophene rings is 2. The normalized spacial score (nSPS) is 21.2. The van der Waals surface area contributed by atoms with Gasteiger partial charge in [-0.25, -0.2) is 5.01 Å². The van der Waals surface area contributed by atoms with Gasteiger partial charge in [-0.15, -0.1) is 22.7 Å². The lowest BCUT2D eigenvalue weighted by Crippen LogP contribution is -2.34. The van der Waals surface area contributed by atoms with Crippen molar-refractivity contribution >= 4 is 52.0 Å². The molecular weight excluding hydrogens is 472 g/mol. The summed E-state index contributed by atoms with van der Waals surface area (Å²) in [4.78, 5) is 15.8. The third kappa shape index (κ3) is 4.52. The first-order valence-electron chi connectivity index (χ1n) is 11.1. The number of nitrogens with zero attached hydrogens (tertiary/aromatic N) is 2. The number of benzene rings is 1. The molecule has 1 aliphatic heterocycles. The third-order valence-corrected chi connectivity index (χ3v) is 8.58. The van der Waals surface area contributed by atoms with E-state index in [9.17, 15) is 4.79 Å². The Balaban J connectivity index is 1.42. The number of fused-ring (bicyclic) bond motifs is 1. The first kappa shape index (κ1) is 22.4. The molecule has 1 fully saturated rings. The van der Waals surface area contributed by atoms with Crippen molar-refractivity contribution in [3.8, 4) is 5.75 Å². The largest absolute Gasteiger partial charge is 0.484 e. The second kappa shape index (κ2) is 9.45. The maximum atomic E-state index is 13.4. The van der Waals surface area contributed by atoms with E-state index in [4.69, 9.17) is 21.4 Å². The molecule has 1 aromatic carbocycles. The molecule has 0 saturated heterocycles. The van der Waals surface area contributed by atoms with Crippen LogP contribution >= 0.6 is 34.3 Å². The van der Waals surface area contributed by atoms with Crippen molar-refractivity contribution in [1.29, 1.82) is 0 Å². The van der Waals surface area contributed by atoms with Crippen LogP contribution in [-0.2, 0) is 4.79 Å². The van der Waals surface area contributed by atoms with Crippen LogP contribution in [0.25, 0.3) is 6.08 Å². The van der Waals surface area contributed by atoms with Crippen LogP contribution in [0.1, 0.15) is 46.2 Å². The van der Waals surface area contributed by atoms with Crippen molar-refractivity contribution in [2.75, 3.05) is 6.61 Å². The Morgan fingerprint density at radius 2 is 1.97 bits per heavy atom. The second-order valence-electron chi connectivity index (χ2n) is 8.53. The molecule has 4 nitrogen and oxygen atoms in total. The van der Waals surface area contributed by atoms with Crippen molar-refractivity contribution in [1.82, 2.24) is 5.01 Å². The van der Waals surface area contributed by atoms with Crippen LogP contribution in [0, 0.1) is 19.8 Å². The Morgan fingerprint density at radius 3 is 2.67 bits per heavy atom. The first-order valence-corrected chi connectivity index (χ1v) is 13.2. The lowest BCUT2D eigenvalue weighted by molar-refractivity contribution is -0.135. The number of carbonyl (C=O) groups excluding carboxylic acids is 1. The smallest absolute Gasteiger partial charge is 0.281 e. The summed E-state index contributed by atoms with van der Waals surface area (Å²) in [5, 5.41) is 11.5. The van der Waals surface area contributed by atoms with Gasteiger partial charge in [0.05, 0.1) is 11.8 Å². The number of halogens is 1. The second-order valence-corrected chi connectivity index (χ2v) is 10.9. The topological polar surface area (TPSA) is 41.9 Å². The summed E-state index contributed by atoms with van der Waals surface area (Å²) in [7, 11) is 0. The molecule has 3 heterocycles. The van der Waals surface area contributed by atoms with Gasteiger partial charge in [0, 0.05) is 20.7 Å². The molecule has 2 atom stereocenters. The maximum absolute atomic E-state index is 13.4. The third-order valence-electron chi connectivity index (χ3n) is 6.22. The van der Waals surface area contributed by atoms with E-state index in [2.05, 4.69) is 35.0 Å². The zero-order valence-electron chi connectivity index (χ0n) is 18.6. The molecule has 0 N–H and O–H groups in total. The average molecular weight is 497 g/mol. The molecule has 33 heavy (non-hydrogen) atoms. The van der Waals surface area contributed by atoms with Crippen LogP contribution in [-0.4, -0.2) is 23.2 Å². The molecule has 1 amide bonds. The molecule has 0 unspecified atom stereocenters. The van der Waals surface area contributed by atoms with Crippen molar-refractivity contribution < 1.29 is 9.53 Å². The molecule has 5 rings (SSSR count). The summed E-state index contributed by atoms with van der Waals surface area (Å²) in [5.74, 6) is 0.738. The highest BCUT2D eigenvalue weighted by molar-refractivity contribution is 7.11. The van der Waals surface area contributed by atoms with Crippen LogP contribution < -0.4 is 4.74 Å². The van der Waals surface area contributed by atoms with Crippen molar-refractivity contribution in [2.45, 2.75) is 39.2 Å². The van der Waals surface area contributed by atoms with Gasteiger partial charge in [-0.1, -0.05) is 23.7 Å². The van der Waals surface area contributed by atoms with Gasteiger partial charge in [0.25, 0.3) is 5.91 Å². The lowest BCUT2D eigenvalue weighted by Gasteiger charge is -2.28. The Hall–Kier alpha value is -2.41. The quantitative estimate of drug-likeness (QED) is 0.372. The van der Waals surface area contributed by atoms with Crippen LogP contribution in [0.4, 0.5) is 0 Å². The Morgan fingerprint density at radius 1 is 1.21 bits per heavy atom. The highest BCUT2D eigenvalue weighted by Gasteiger charge is 2.44. The number of hydrogen-bond acceptors (Lipinski definition) is 5. The Labute approximate surface area is 207 Å². The molecular formula is C26H25ClN2O2S2. The number of aryl methyl sites for hydroxylation is 2. The summed E-state index contributed by atoms with van der Waals surface area (Å²) in [6.07, 6.45) is 5.37. The predicted octanol–water partition coefficient (Wildman–Crippen LogP) is 7.28. The number of allylic oxidation sites excluding steroid dienone is 1. The molecule has 2 aliphatic rings. The fraction of sp³-hybridized carbons (Fsp3) is 0.308. The molecule has 1 saturated carbocycles. The molecule has 170 valence electrons. The zero-order chi connectivity index (χ0) is 22.9. The van der Waals surface area contributed by atoms with E-state index in [0.29, 0.717) is 5.75 Å².